The van der Waals surface area contributed by atoms with Crippen LogP contribution in [0.2, 0.25) is 0 Å². The van der Waals surface area contributed by atoms with Crippen molar-refractivity contribution >= 4 is 39.5 Å². The molecular formula is C89H150O17P2. The van der Waals surface area contributed by atoms with E-state index in [1.54, 1.807) is 0 Å². The number of carbonyl (C=O) groups is 4. The van der Waals surface area contributed by atoms with E-state index in [0.29, 0.717) is 25.7 Å². The first-order valence-electron chi connectivity index (χ1n) is 42.1. The first-order chi connectivity index (χ1) is 52.7. The fourth-order valence-corrected chi connectivity index (χ4v) is 12.5. The summed E-state index contributed by atoms with van der Waals surface area (Å²) in [6, 6.07) is 0. The molecule has 108 heavy (non-hydrogen) atoms. The Labute approximate surface area is 656 Å². The Kier molecular flexibility index (Phi) is 76.3. The third kappa shape index (κ3) is 79.0. The highest BCUT2D eigenvalue weighted by Crippen LogP contribution is 2.45. The summed E-state index contributed by atoms with van der Waals surface area (Å²) in [6.45, 7) is 4.57. The number of ether oxygens (including phenoxy) is 4. The van der Waals surface area contributed by atoms with E-state index in [-0.39, 0.29) is 25.7 Å². The molecule has 3 N–H and O–H groups in total. The van der Waals surface area contributed by atoms with E-state index in [4.69, 9.17) is 37.0 Å². The second kappa shape index (κ2) is 80.0. The smallest absolute Gasteiger partial charge is 0.462 e. The molecule has 618 valence electrons. The van der Waals surface area contributed by atoms with Crippen molar-refractivity contribution in [2.24, 2.45) is 0 Å². The minimum Gasteiger partial charge on any atom is -0.462 e. The number of allylic oxidation sites excluding steroid dienone is 24. The molecule has 0 fully saturated rings. The molecule has 0 bridgehead atoms. The molecule has 0 aromatic heterocycles. The zero-order valence-corrected chi connectivity index (χ0v) is 69.5. The molecule has 0 spiro atoms. The van der Waals surface area contributed by atoms with E-state index in [2.05, 4.69) is 174 Å². The molecule has 0 saturated carbocycles. The van der Waals surface area contributed by atoms with E-state index in [0.717, 1.165) is 186 Å². The first kappa shape index (κ1) is 103. The lowest BCUT2D eigenvalue weighted by Crippen LogP contribution is -2.30. The van der Waals surface area contributed by atoms with E-state index in [1.807, 2.05) is 0 Å². The molecule has 0 aromatic carbocycles. The molecule has 0 aliphatic heterocycles. The van der Waals surface area contributed by atoms with Crippen molar-refractivity contribution < 1.29 is 80.2 Å². The van der Waals surface area contributed by atoms with Crippen LogP contribution in [0.4, 0.5) is 0 Å². The predicted octanol–water partition coefficient (Wildman–Crippen LogP) is 25.0. The van der Waals surface area contributed by atoms with E-state index in [9.17, 15) is 43.2 Å². The molecule has 0 amide bonds. The highest BCUT2D eigenvalue weighted by atomic mass is 31.2. The maximum Gasteiger partial charge on any atom is 0.472 e. The minimum atomic E-state index is -5.00. The number of esters is 4. The molecule has 0 radical (unpaired) electrons. The van der Waals surface area contributed by atoms with Gasteiger partial charge in [-0.1, -0.05) is 308 Å². The van der Waals surface area contributed by atoms with Crippen LogP contribution < -0.4 is 0 Å². The van der Waals surface area contributed by atoms with E-state index < -0.39 is 97.5 Å². The molecular weight excluding hydrogens is 1400 g/mol. The van der Waals surface area contributed by atoms with Gasteiger partial charge in [0.25, 0.3) is 0 Å². The van der Waals surface area contributed by atoms with Crippen molar-refractivity contribution in [2.45, 2.75) is 354 Å². The van der Waals surface area contributed by atoms with Crippen molar-refractivity contribution in [3.8, 4) is 0 Å². The van der Waals surface area contributed by atoms with Crippen molar-refractivity contribution in [3.05, 3.63) is 146 Å². The van der Waals surface area contributed by atoms with Gasteiger partial charge < -0.3 is 33.8 Å². The lowest BCUT2D eigenvalue weighted by Gasteiger charge is -2.21. The minimum absolute atomic E-state index is 0.0551. The third-order valence-corrected chi connectivity index (χ3v) is 19.2. The molecule has 0 saturated heterocycles. The second-order valence-electron chi connectivity index (χ2n) is 27.7. The number of hydrogen-bond acceptors (Lipinski definition) is 15. The van der Waals surface area contributed by atoms with Crippen LogP contribution >= 0.6 is 15.6 Å². The molecule has 0 aliphatic rings. The van der Waals surface area contributed by atoms with Crippen LogP contribution in [0.5, 0.6) is 0 Å². The van der Waals surface area contributed by atoms with Gasteiger partial charge in [0.2, 0.25) is 0 Å². The zero-order chi connectivity index (χ0) is 78.9. The van der Waals surface area contributed by atoms with Gasteiger partial charge in [-0.15, -0.1) is 0 Å². The molecule has 19 heteroatoms. The summed E-state index contributed by atoms with van der Waals surface area (Å²) >= 11 is 0. The highest BCUT2D eigenvalue weighted by molar-refractivity contribution is 7.47. The summed E-state index contributed by atoms with van der Waals surface area (Å²) in [5, 5.41) is 10.7. The number of unbranched alkanes of at least 4 members (excludes halogenated alkanes) is 28. The zero-order valence-electron chi connectivity index (χ0n) is 67.7. The SMILES string of the molecule is CC/C=C\C/C=C\C/C=C\C/C=C\C/C=C\CCCCCC(=O)OCC(COP(=O)(O)OCC(O)COP(=O)(O)OCC(COC(=O)CCCCCCCC/C=C\C/C=C\C/C=C\CCCCC)OC(=O)CCCCCCCCCCCCCCC)OC(=O)CCCCCC/C=C\C/C=C\C/C=C\C/C=C\CC. The molecule has 0 rings (SSSR count). The van der Waals surface area contributed by atoms with Crippen LogP contribution in [0.15, 0.2) is 146 Å². The van der Waals surface area contributed by atoms with Crippen LogP contribution in [-0.4, -0.2) is 96.7 Å². The van der Waals surface area contributed by atoms with E-state index in [1.165, 1.54) is 70.6 Å². The van der Waals surface area contributed by atoms with E-state index >= 15 is 0 Å². The summed E-state index contributed by atoms with van der Waals surface area (Å²) in [7, 11) is -9.99. The first-order valence-corrected chi connectivity index (χ1v) is 45.1. The molecule has 0 heterocycles. The van der Waals surface area contributed by atoms with Crippen LogP contribution in [0, 0.1) is 0 Å². The van der Waals surface area contributed by atoms with Crippen molar-refractivity contribution in [1.29, 1.82) is 0 Å². The number of rotatable bonds is 78. The summed E-state index contributed by atoms with van der Waals surface area (Å²) < 4.78 is 68.7. The molecule has 17 nitrogen and oxygen atoms in total. The van der Waals surface area contributed by atoms with Crippen molar-refractivity contribution in [2.75, 3.05) is 39.6 Å². The van der Waals surface area contributed by atoms with Gasteiger partial charge in [-0.05, 0) is 148 Å². The topological polar surface area (TPSA) is 237 Å². The molecule has 0 aromatic rings. The predicted molar refractivity (Wildman–Crippen MR) is 445 cm³/mol. The Morgan fingerprint density at radius 3 is 0.769 bits per heavy atom. The normalized spacial score (nSPS) is 14.5. The Hall–Kier alpha value is -5.06. The lowest BCUT2D eigenvalue weighted by molar-refractivity contribution is -0.161. The van der Waals surface area contributed by atoms with Crippen LogP contribution in [0.3, 0.4) is 0 Å². The Balaban J connectivity index is 5.42. The fourth-order valence-electron chi connectivity index (χ4n) is 11.0. The largest absolute Gasteiger partial charge is 0.472 e. The number of hydrogen-bond donors (Lipinski definition) is 3. The van der Waals surface area contributed by atoms with Gasteiger partial charge >= 0.3 is 39.5 Å². The number of carbonyl (C=O) groups excluding carboxylic acids is 4. The summed E-state index contributed by atoms with van der Waals surface area (Å²) in [4.78, 5) is 73.2. The summed E-state index contributed by atoms with van der Waals surface area (Å²) in [5.41, 5.74) is 0. The maximum absolute atomic E-state index is 13.1. The lowest BCUT2D eigenvalue weighted by atomic mass is 10.0. The Morgan fingerprint density at radius 2 is 0.481 bits per heavy atom. The van der Waals surface area contributed by atoms with Gasteiger partial charge in [0.05, 0.1) is 26.4 Å². The second-order valence-corrected chi connectivity index (χ2v) is 30.6. The maximum atomic E-state index is 13.1. The molecule has 5 unspecified atom stereocenters. The van der Waals surface area contributed by atoms with Crippen LogP contribution in [-0.2, 0) is 65.4 Å². The van der Waals surface area contributed by atoms with Crippen molar-refractivity contribution in [1.82, 2.24) is 0 Å². The average molecular weight is 1550 g/mol. The van der Waals surface area contributed by atoms with Crippen LogP contribution in [0.25, 0.3) is 0 Å². The van der Waals surface area contributed by atoms with Crippen molar-refractivity contribution in [3.63, 3.8) is 0 Å². The standard InChI is InChI=1S/C89H150O17P2/c1-5-9-13-17-21-25-29-33-36-39-41-44-46-50-53-57-61-65-69-73-86(91)99-79-84(105-88(93)75-71-67-63-59-55-49-32-28-24-20-16-12-8-4)81-103-107(95,96)101-77-83(90)78-102-108(97,98)104-82-85(106-89(94)76-72-68-64-60-56-52-48-43-38-35-31-27-23-19-15-11-7-3)80-100-87(92)74-70-66-62-58-54-51-47-45-42-40-37-34-30-26-22-18-14-10-6-2/h10-11,14-15,21-23,25-27,33-38,41-42,44-45,48,51-52,54,83-85,90H,5-9,12-13,16-20,24,28-32,39-40,43,46-47,49-50,53,55-82H2,1-4H3,(H,95,96)(H,97,98)/b14-10-,15-11-,25-21-,26-22-,27-23-,36-33-,37-34-,38-35-,44-41-,45-42-,52-48-,54-51-. The van der Waals surface area contributed by atoms with Gasteiger partial charge in [0.15, 0.2) is 12.2 Å². The van der Waals surface area contributed by atoms with Gasteiger partial charge in [-0.2, -0.15) is 0 Å². The summed E-state index contributed by atoms with van der Waals surface area (Å²) in [6.07, 6.45) is 92.4. The molecule has 0 aliphatic carbocycles. The fraction of sp³-hybridized carbons (Fsp3) is 0.685. The number of aliphatic hydroxyl groups is 1. The van der Waals surface area contributed by atoms with Gasteiger partial charge in [-0.25, -0.2) is 9.13 Å². The number of phosphoric acid groups is 2. The highest BCUT2D eigenvalue weighted by Gasteiger charge is 2.30. The number of aliphatic hydroxyl groups excluding tert-OH is 1. The Morgan fingerprint density at radius 1 is 0.269 bits per heavy atom. The number of phosphoric ester groups is 2. The molecule has 5 atom stereocenters. The average Bonchev–Trinajstić information content (AvgIpc) is 0.886. The van der Waals surface area contributed by atoms with Crippen LogP contribution in [0.1, 0.15) is 336 Å². The Bertz CT molecular complexity index is 2610. The van der Waals surface area contributed by atoms with Gasteiger partial charge in [0.1, 0.15) is 19.3 Å². The quantitative estimate of drug-likeness (QED) is 0.0169. The van der Waals surface area contributed by atoms with Gasteiger partial charge in [-0.3, -0.25) is 37.3 Å². The monoisotopic (exact) mass is 1550 g/mol. The summed E-state index contributed by atoms with van der Waals surface area (Å²) in [5.74, 6) is -2.25. The van der Waals surface area contributed by atoms with Gasteiger partial charge in [0, 0.05) is 25.7 Å². The third-order valence-electron chi connectivity index (χ3n) is 17.3.